The first-order chi connectivity index (χ1) is 8.72. The van der Waals surface area contributed by atoms with Crippen LogP contribution < -0.4 is 0 Å². The molecule has 0 spiro atoms. The van der Waals surface area contributed by atoms with Crippen molar-refractivity contribution in [2.75, 3.05) is 0 Å². The van der Waals surface area contributed by atoms with Crippen molar-refractivity contribution in [3.63, 3.8) is 0 Å². The fourth-order valence-electron chi connectivity index (χ4n) is 1.69. The first-order valence-corrected chi connectivity index (χ1v) is 7.53. The standard InChI is InChI=1S/C14H10ClNS2/c1-9-6-7-10(17-9)8-11(15)14-16-12-4-2-3-5-13(12)18-14/h2-8H,1H3/b11-8-. The van der Waals surface area contributed by atoms with Gasteiger partial charge in [0.25, 0.3) is 0 Å². The van der Waals surface area contributed by atoms with Crippen LogP contribution in [-0.2, 0) is 0 Å². The molecule has 2 aromatic heterocycles. The van der Waals surface area contributed by atoms with E-state index in [1.807, 2.05) is 24.3 Å². The molecule has 3 rings (SSSR count). The van der Waals surface area contributed by atoms with Crippen LogP contribution >= 0.6 is 34.3 Å². The van der Waals surface area contributed by atoms with E-state index in [1.54, 1.807) is 22.7 Å². The lowest BCUT2D eigenvalue weighted by Gasteiger charge is -1.90. The summed E-state index contributed by atoms with van der Waals surface area (Å²) in [6.07, 6.45) is 1.98. The Morgan fingerprint density at radius 2 is 2.00 bits per heavy atom. The molecule has 0 radical (unpaired) electrons. The summed E-state index contributed by atoms with van der Waals surface area (Å²) in [5, 5.41) is 1.59. The molecule has 0 amide bonds. The van der Waals surface area contributed by atoms with Gasteiger partial charge in [-0.3, -0.25) is 0 Å². The van der Waals surface area contributed by atoms with Crippen LogP contribution in [0.2, 0.25) is 0 Å². The second-order valence-electron chi connectivity index (χ2n) is 3.93. The van der Waals surface area contributed by atoms with E-state index in [2.05, 4.69) is 30.1 Å². The lowest BCUT2D eigenvalue weighted by atomic mass is 10.3. The highest BCUT2D eigenvalue weighted by Crippen LogP contribution is 2.31. The summed E-state index contributed by atoms with van der Waals surface area (Å²) in [4.78, 5) is 6.99. The molecule has 0 atom stereocenters. The third kappa shape index (κ3) is 2.34. The maximum atomic E-state index is 6.34. The number of fused-ring (bicyclic) bond motifs is 1. The van der Waals surface area contributed by atoms with Gasteiger partial charge in [-0.1, -0.05) is 23.7 Å². The monoisotopic (exact) mass is 291 g/mol. The zero-order valence-electron chi connectivity index (χ0n) is 9.68. The Hall–Kier alpha value is -1.16. The highest BCUT2D eigenvalue weighted by atomic mass is 35.5. The molecule has 1 nitrogen and oxygen atoms in total. The van der Waals surface area contributed by atoms with Crippen LogP contribution in [0.1, 0.15) is 14.8 Å². The van der Waals surface area contributed by atoms with Gasteiger partial charge in [0, 0.05) is 9.75 Å². The molecule has 0 aliphatic carbocycles. The van der Waals surface area contributed by atoms with E-state index in [0.29, 0.717) is 5.03 Å². The normalized spacial score (nSPS) is 12.2. The van der Waals surface area contributed by atoms with Crippen LogP contribution in [0.5, 0.6) is 0 Å². The highest BCUT2D eigenvalue weighted by molar-refractivity contribution is 7.20. The second kappa shape index (κ2) is 4.84. The van der Waals surface area contributed by atoms with Gasteiger partial charge in [0.15, 0.2) is 0 Å². The van der Waals surface area contributed by atoms with Crippen molar-refractivity contribution < 1.29 is 0 Å². The van der Waals surface area contributed by atoms with Crippen LogP contribution in [-0.4, -0.2) is 4.98 Å². The topological polar surface area (TPSA) is 12.9 Å². The molecular weight excluding hydrogens is 282 g/mol. The maximum absolute atomic E-state index is 6.34. The summed E-state index contributed by atoms with van der Waals surface area (Å²) >= 11 is 9.70. The summed E-state index contributed by atoms with van der Waals surface area (Å²) in [5.41, 5.74) is 1.01. The number of benzene rings is 1. The number of para-hydroxylation sites is 1. The van der Waals surface area contributed by atoms with E-state index >= 15 is 0 Å². The van der Waals surface area contributed by atoms with Gasteiger partial charge in [0.05, 0.1) is 15.2 Å². The molecule has 4 heteroatoms. The molecule has 0 aliphatic rings. The summed E-state index contributed by atoms with van der Waals surface area (Å²) < 4.78 is 1.17. The van der Waals surface area contributed by atoms with E-state index in [4.69, 9.17) is 11.6 Å². The van der Waals surface area contributed by atoms with E-state index < -0.39 is 0 Å². The van der Waals surface area contributed by atoms with Crippen molar-refractivity contribution in [2.24, 2.45) is 0 Å². The summed E-state index contributed by atoms with van der Waals surface area (Å²) in [5.74, 6) is 0. The SMILES string of the molecule is Cc1ccc(/C=C(\Cl)c2nc3ccccc3s2)s1. The van der Waals surface area contributed by atoms with Crippen LogP contribution in [0.3, 0.4) is 0 Å². The second-order valence-corrected chi connectivity index (χ2v) is 6.68. The molecule has 0 saturated heterocycles. The number of rotatable bonds is 2. The smallest absolute Gasteiger partial charge is 0.136 e. The molecule has 0 N–H and O–H groups in total. The average Bonchev–Trinajstić information content (AvgIpc) is 2.95. The number of thiazole rings is 1. The number of hydrogen-bond acceptors (Lipinski definition) is 3. The van der Waals surface area contributed by atoms with Gasteiger partial charge in [-0.15, -0.1) is 22.7 Å². The molecule has 2 heterocycles. The van der Waals surface area contributed by atoms with Crippen molar-refractivity contribution in [1.29, 1.82) is 0 Å². The Bertz CT molecular complexity index is 691. The van der Waals surface area contributed by atoms with Crippen LogP contribution in [0.15, 0.2) is 36.4 Å². The van der Waals surface area contributed by atoms with Crippen molar-refractivity contribution in [1.82, 2.24) is 4.98 Å². The highest BCUT2D eigenvalue weighted by Gasteiger charge is 2.07. The average molecular weight is 292 g/mol. The van der Waals surface area contributed by atoms with Crippen LogP contribution in [0.4, 0.5) is 0 Å². The van der Waals surface area contributed by atoms with Crippen molar-refractivity contribution in [2.45, 2.75) is 6.92 Å². The lowest BCUT2D eigenvalue weighted by molar-refractivity contribution is 1.46. The number of halogens is 1. The quantitative estimate of drug-likeness (QED) is 0.616. The summed E-state index contributed by atoms with van der Waals surface area (Å²) in [6, 6.07) is 12.3. The first-order valence-electron chi connectivity index (χ1n) is 5.52. The molecular formula is C14H10ClNS2. The predicted molar refractivity (Wildman–Crippen MR) is 82.4 cm³/mol. The van der Waals surface area contributed by atoms with Crippen molar-refractivity contribution >= 4 is 55.6 Å². The van der Waals surface area contributed by atoms with Crippen LogP contribution in [0, 0.1) is 6.92 Å². The minimum Gasteiger partial charge on any atom is -0.235 e. The molecule has 3 aromatic rings. The van der Waals surface area contributed by atoms with Gasteiger partial charge in [-0.2, -0.15) is 0 Å². The fourth-order valence-corrected chi connectivity index (χ4v) is 3.73. The molecule has 18 heavy (non-hydrogen) atoms. The molecule has 90 valence electrons. The third-order valence-corrected chi connectivity index (χ3v) is 4.95. The minimum absolute atomic E-state index is 0.707. The summed E-state index contributed by atoms with van der Waals surface area (Å²) in [7, 11) is 0. The fraction of sp³-hybridized carbons (Fsp3) is 0.0714. The summed E-state index contributed by atoms with van der Waals surface area (Å²) in [6.45, 7) is 2.09. The Kier molecular flexibility index (Phi) is 3.20. The Morgan fingerprint density at radius 3 is 2.72 bits per heavy atom. The van der Waals surface area contributed by atoms with E-state index in [1.165, 1.54) is 9.58 Å². The van der Waals surface area contributed by atoms with E-state index in [-0.39, 0.29) is 0 Å². The minimum atomic E-state index is 0.707. The number of nitrogens with zero attached hydrogens (tertiary/aromatic N) is 1. The van der Waals surface area contributed by atoms with Crippen molar-refractivity contribution in [3.05, 3.63) is 51.2 Å². The molecule has 0 fully saturated rings. The molecule has 0 bridgehead atoms. The maximum Gasteiger partial charge on any atom is 0.136 e. The lowest BCUT2D eigenvalue weighted by Crippen LogP contribution is -1.73. The van der Waals surface area contributed by atoms with Gasteiger partial charge in [0.2, 0.25) is 0 Å². The number of aromatic nitrogens is 1. The van der Waals surface area contributed by atoms with E-state index in [9.17, 15) is 0 Å². The largest absolute Gasteiger partial charge is 0.235 e. The zero-order chi connectivity index (χ0) is 12.5. The molecule has 0 saturated carbocycles. The zero-order valence-corrected chi connectivity index (χ0v) is 12.1. The number of aryl methyl sites for hydroxylation is 1. The van der Waals surface area contributed by atoms with Gasteiger partial charge in [-0.25, -0.2) is 4.98 Å². The van der Waals surface area contributed by atoms with Crippen molar-refractivity contribution in [3.8, 4) is 0 Å². The Labute approximate surface area is 118 Å². The molecule has 1 aromatic carbocycles. The van der Waals surface area contributed by atoms with Gasteiger partial charge < -0.3 is 0 Å². The Balaban J connectivity index is 2.01. The Morgan fingerprint density at radius 1 is 1.17 bits per heavy atom. The molecule has 0 unspecified atom stereocenters. The van der Waals surface area contributed by atoms with Crippen LogP contribution in [0.25, 0.3) is 21.3 Å². The number of thiophene rings is 1. The predicted octanol–water partition coefficient (Wildman–Crippen LogP) is 5.40. The molecule has 0 aliphatic heterocycles. The van der Waals surface area contributed by atoms with Gasteiger partial charge in [0.1, 0.15) is 5.01 Å². The third-order valence-electron chi connectivity index (χ3n) is 2.53. The first kappa shape index (κ1) is 11.9. The van der Waals surface area contributed by atoms with E-state index in [0.717, 1.165) is 15.4 Å². The number of hydrogen-bond donors (Lipinski definition) is 0. The van der Waals surface area contributed by atoms with Gasteiger partial charge in [-0.05, 0) is 37.3 Å². The van der Waals surface area contributed by atoms with Gasteiger partial charge >= 0.3 is 0 Å².